The molecule has 0 saturated carbocycles. The predicted molar refractivity (Wildman–Crippen MR) is 310 cm³/mol. The maximum atomic E-state index is 12.7. The summed E-state index contributed by atoms with van der Waals surface area (Å²) in [4.78, 5) is 87.3. The van der Waals surface area contributed by atoms with Crippen LogP contribution in [-0.4, -0.2) is 150 Å². The van der Waals surface area contributed by atoms with Crippen LogP contribution in [-0.2, 0) is 14.4 Å². The summed E-state index contributed by atoms with van der Waals surface area (Å²) in [6.45, 7) is 9.79. The molecule has 6 heterocycles. The molecule has 0 aliphatic carbocycles. The highest BCUT2D eigenvalue weighted by molar-refractivity contribution is 6.10. The maximum Gasteiger partial charge on any atom is 0.414 e. The molecule has 6 aromatic rings. The third kappa shape index (κ3) is 17.3. The largest absolute Gasteiger partial charge is 0.480 e. The number of carboxylic acid groups (broad SMARTS) is 1. The number of halogens is 9. The van der Waals surface area contributed by atoms with Crippen LogP contribution in [0.25, 0.3) is 32.7 Å². The summed E-state index contributed by atoms with van der Waals surface area (Å²) in [5.74, 6) is -5.43. The topological polar surface area (TPSA) is 377 Å². The molecular formula is C57H68F9N15O7. The van der Waals surface area contributed by atoms with Crippen molar-refractivity contribution in [1.29, 1.82) is 0 Å². The Kier molecular flexibility index (Phi) is 22.1. The lowest BCUT2D eigenvalue weighted by molar-refractivity contribution is -0.174. The molecule has 3 aliphatic rings. The lowest BCUT2D eigenvalue weighted by atomic mass is 9.94. The number of amides is 5. The van der Waals surface area contributed by atoms with Gasteiger partial charge >= 0.3 is 24.5 Å². The summed E-state index contributed by atoms with van der Waals surface area (Å²) in [6, 6.07) is 12.6. The number of pyridine rings is 3. The average molecular weight is 1250 g/mol. The number of hydrogen-bond acceptors (Lipinski definition) is 16. The molecular weight excluding hydrogens is 1180 g/mol. The number of benzene rings is 3. The van der Waals surface area contributed by atoms with Gasteiger partial charge in [-0.15, -0.1) is 0 Å². The number of fused-ring (bicyclic) bond motifs is 3. The predicted octanol–water partition coefficient (Wildman–Crippen LogP) is 4.58. The van der Waals surface area contributed by atoms with Gasteiger partial charge in [0.2, 0.25) is 11.8 Å². The number of nitrogens with two attached hydrogens (primary N) is 7. The van der Waals surface area contributed by atoms with E-state index < -0.39 is 84.2 Å². The number of primary amides is 3. The van der Waals surface area contributed by atoms with Crippen molar-refractivity contribution in [3.63, 3.8) is 0 Å². The standard InChI is InChI=1S/2C19H22F3N5O2.C16H20N4O.C3H4F3NO2/c2*1-10-7-11(26-18(29)16(23)19(20,21)22)9-27(8-10)14-5-4-13(17(24)28)15-12(14)3-2-6-25-15;1-10-7-11(17)9-20(8-10)14-5-4-13(16(18)21)15-12(14)3-2-6-19-15;4-3(5,6)1(7)2(8)9/h2*2-6,10-11,16H,7-9,23H2,1H3,(H2,24,28)(H,26,29);2-6,10-11H,7-9,17H2,1H3,(H2,18,21);1H,7H2,(H,8,9)/t2*10-,11+,16?;10-,11+;/m000./s1. The first kappa shape index (κ1) is 68.4. The van der Waals surface area contributed by atoms with Gasteiger partial charge in [-0.2, -0.15) is 39.5 Å². The van der Waals surface area contributed by atoms with Gasteiger partial charge in [0.1, 0.15) is 0 Å². The van der Waals surface area contributed by atoms with E-state index in [9.17, 15) is 68.3 Å². The molecule has 3 aromatic heterocycles. The molecule has 88 heavy (non-hydrogen) atoms. The molecule has 31 heteroatoms. The van der Waals surface area contributed by atoms with Crippen molar-refractivity contribution in [2.45, 2.75) is 94.8 Å². The van der Waals surface area contributed by atoms with Crippen molar-refractivity contribution < 1.29 is 73.4 Å². The summed E-state index contributed by atoms with van der Waals surface area (Å²) >= 11 is 0. The Bertz CT molecular complexity index is 3340. The Hall–Kier alpha value is -8.68. The number of aliphatic carboxylic acids is 1. The molecule has 0 spiro atoms. The van der Waals surface area contributed by atoms with Crippen LogP contribution < -0.4 is 65.5 Å². The summed E-state index contributed by atoms with van der Waals surface area (Å²) in [5.41, 5.74) is 41.8. The number of piperidine rings is 3. The van der Waals surface area contributed by atoms with Gasteiger partial charge in [-0.05, 0) is 110 Å². The number of carbonyl (C=O) groups is 6. The van der Waals surface area contributed by atoms with Crippen molar-refractivity contribution in [1.82, 2.24) is 25.6 Å². The summed E-state index contributed by atoms with van der Waals surface area (Å²) in [5, 5.41) is 14.9. The monoisotopic (exact) mass is 1250 g/mol. The van der Waals surface area contributed by atoms with Crippen LogP contribution in [0.3, 0.4) is 0 Å². The Balaban J connectivity index is 0.000000199. The van der Waals surface area contributed by atoms with Gasteiger partial charge in [0, 0.05) is 109 Å². The van der Waals surface area contributed by atoms with E-state index in [1.54, 1.807) is 73.2 Å². The zero-order chi connectivity index (χ0) is 65.3. The lowest BCUT2D eigenvalue weighted by Crippen LogP contribution is -2.57. The SMILES string of the molecule is C[C@H]1C[C@@H](N)CN(c2ccc(C(N)=O)c3ncccc23)C1.C[C@H]1C[C@@H](NC(=O)C(N)C(F)(F)F)CN(c2ccc(C(N)=O)c3ncccc23)C1.C[C@H]1C[C@@H](NC(=O)C(N)C(F)(F)F)CN(c2ccc(C(N)=O)c3ncccc23)C1.NC(C(=O)O)C(F)(F)F. The second-order valence-corrected chi connectivity index (χ2v) is 22.0. The quantitative estimate of drug-likeness (QED) is 0.0794. The van der Waals surface area contributed by atoms with E-state index in [0.29, 0.717) is 77.8 Å². The number of nitrogens with zero attached hydrogens (tertiary/aromatic N) is 6. The van der Waals surface area contributed by atoms with Crippen molar-refractivity contribution in [3.8, 4) is 0 Å². The average Bonchev–Trinajstić information content (AvgIpc) is 0.946. The number of carbonyl (C=O) groups excluding carboxylic acids is 5. The minimum atomic E-state index is -4.84. The smallest absolute Gasteiger partial charge is 0.414 e. The van der Waals surface area contributed by atoms with E-state index in [4.69, 9.17) is 39.5 Å². The fourth-order valence-electron chi connectivity index (χ4n) is 10.8. The van der Waals surface area contributed by atoms with Crippen molar-refractivity contribution in [2.75, 3.05) is 54.0 Å². The highest BCUT2D eigenvalue weighted by atomic mass is 19.4. The number of nitrogens with one attached hydrogen (secondary N) is 2. The minimum absolute atomic E-state index is 0.110. The molecule has 5 amide bonds. The first-order chi connectivity index (χ1) is 41.1. The third-order valence-electron chi connectivity index (χ3n) is 14.7. The van der Waals surface area contributed by atoms with Gasteiger partial charge in [-0.3, -0.25) is 43.7 Å². The van der Waals surface area contributed by atoms with Crippen LogP contribution in [0.4, 0.5) is 56.6 Å². The van der Waals surface area contributed by atoms with Crippen LogP contribution in [0, 0.1) is 17.8 Å². The van der Waals surface area contributed by atoms with Crippen LogP contribution >= 0.6 is 0 Å². The number of rotatable bonds is 11. The van der Waals surface area contributed by atoms with Crippen LogP contribution in [0.5, 0.6) is 0 Å². The highest BCUT2D eigenvalue weighted by Crippen LogP contribution is 2.35. The second kappa shape index (κ2) is 28.4. The maximum absolute atomic E-state index is 12.7. The van der Waals surface area contributed by atoms with Crippen molar-refractivity contribution in [2.24, 2.45) is 57.9 Å². The van der Waals surface area contributed by atoms with Gasteiger partial charge in [-0.1, -0.05) is 20.8 Å². The van der Waals surface area contributed by atoms with E-state index in [2.05, 4.69) is 43.1 Å². The number of carboxylic acids is 1. The Morgan fingerprint density at radius 2 is 0.773 bits per heavy atom. The van der Waals surface area contributed by atoms with Gasteiger partial charge in [0.25, 0.3) is 17.7 Å². The molecule has 22 nitrogen and oxygen atoms in total. The zero-order valence-corrected chi connectivity index (χ0v) is 47.7. The molecule has 3 aliphatic heterocycles. The molecule has 9 atom stereocenters. The van der Waals surface area contributed by atoms with E-state index in [1.165, 1.54) is 0 Å². The van der Waals surface area contributed by atoms with Crippen LogP contribution in [0.2, 0.25) is 0 Å². The van der Waals surface area contributed by atoms with Gasteiger partial charge in [-0.25, -0.2) is 0 Å². The molecule has 3 unspecified atom stereocenters. The van der Waals surface area contributed by atoms with Crippen molar-refractivity contribution >= 4 is 85.3 Å². The van der Waals surface area contributed by atoms with Gasteiger partial charge in [0.15, 0.2) is 18.1 Å². The highest BCUT2D eigenvalue weighted by Gasteiger charge is 2.45. The second-order valence-electron chi connectivity index (χ2n) is 22.0. The minimum Gasteiger partial charge on any atom is -0.480 e. The third-order valence-corrected chi connectivity index (χ3v) is 14.7. The van der Waals surface area contributed by atoms with E-state index >= 15 is 0 Å². The molecule has 0 radical (unpaired) electrons. The molecule has 17 N–H and O–H groups in total. The molecule has 9 rings (SSSR count). The summed E-state index contributed by atoms with van der Waals surface area (Å²) < 4.78 is 110. The van der Waals surface area contributed by atoms with E-state index in [1.807, 2.05) is 41.8 Å². The molecule has 3 saturated heterocycles. The van der Waals surface area contributed by atoms with E-state index in [-0.39, 0.29) is 29.0 Å². The van der Waals surface area contributed by atoms with Gasteiger partial charge < -0.3 is 70.6 Å². The summed E-state index contributed by atoms with van der Waals surface area (Å²) in [7, 11) is 0. The number of aromatic nitrogens is 3. The Morgan fingerprint density at radius 1 is 0.477 bits per heavy atom. The number of alkyl halides is 9. The number of hydrogen-bond donors (Lipinski definition) is 10. The number of anilines is 3. The summed E-state index contributed by atoms with van der Waals surface area (Å²) in [6.07, 6.45) is -7.53. The van der Waals surface area contributed by atoms with E-state index in [0.717, 1.165) is 42.0 Å². The van der Waals surface area contributed by atoms with Crippen LogP contribution in [0.1, 0.15) is 71.1 Å². The first-order valence-electron chi connectivity index (χ1n) is 27.4. The normalized spacial score (nSPS) is 20.8. The fourth-order valence-corrected chi connectivity index (χ4v) is 10.8. The lowest BCUT2D eigenvalue weighted by Gasteiger charge is -2.39. The first-order valence-corrected chi connectivity index (χ1v) is 27.4. The Morgan fingerprint density at radius 3 is 1.03 bits per heavy atom. The fraction of sp³-hybridized carbons (Fsp3) is 0.421. The molecule has 3 fully saturated rings. The van der Waals surface area contributed by atoms with Crippen LogP contribution in [0.15, 0.2) is 91.4 Å². The Labute approximate surface area is 497 Å². The molecule has 476 valence electrons. The molecule has 0 bridgehead atoms. The zero-order valence-electron chi connectivity index (χ0n) is 47.7. The van der Waals surface area contributed by atoms with Crippen molar-refractivity contribution in [3.05, 3.63) is 108 Å². The van der Waals surface area contributed by atoms with Gasteiger partial charge in [0.05, 0.1) is 33.2 Å². The molecule has 3 aromatic carbocycles.